The van der Waals surface area contributed by atoms with Crippen LogP contribution in [0, 0.1) is 0 Å². The summed E-state index contributed by atoms with van der Waals surface area (Å²) in [4.78, 5) is 2.42. The Balaban J connectivity index is 2.28. The van der Waals surface area contributed by atoms with E-state index in [-0.39, 0.29) is 0 Å². The molecule has 1 saturated heterocycles. The summed E-state index contributed by atoms with van der Waals surface area (Å²) in [5, 5.41) is 3.43. The molecule has 1 aliphatic heterocycles. The number of likely N-dealkylation sites (N-methyl/N-ethyl adjacent to an activating group) is 1. The molecule has 10 heavy (non-hydrogen) atoms. The quantitative estimate of drug-likeness (QED) is 0.535. The van der Waals surface area contributed by atoms with E-state index in [0.29, 0.717) is 6.04 Å². The van der Waals surface area contributed by atoms with Crippen molar-refractivity contribution in [2.75, 3.05) is 26.7 Å². The van der Waals surface area contributed by atoms with Gasteiger partial charge in [-0.1, -0.05) is 0 Å². The third-order valence-electron chi connectivity index (χ3n) is 2.31. The molecule has 1 N–H and O–H groups in total. The minimum Gasteiger partial charge on any atom is -0.315 e. The van der Waals surface area contributed by atoms with E-state index in [4.69, 9.17) is 0 Å². The van der Waals surface area contributed by atoms with Gasteiger partial charge in [0.05, 0.1) is 0 Å². The van der Waals surface area contributed by atoms with Gasteiger partial charge < -0.3 is 10.2 Å². The monoisotopic (exact) mass is 142 g/mol. The van der Waals surface area contributed by atoms with Gasteiger partial charge >= 0.3 is 0 Å². The van der Waals surface area contributed by atoms with Gasteiger partial charge in [-0.25, -0.2) is 0 Å². The molecule has 1 heterocycles. The second kappa shape index (κ2) is 3.94. The molecule has 0 spiro atoms. The van der Waals surface area contributed by atoms with Gasteiger partial charge in [0.25, 0.3) is 0 Å². The van der Waals surface area contributed by atoms with Gasteiger partial charge in [-0.3, -0.25) is 0 Å². The zero-order chi connectivity index (χ0) is 7.40. The number of hydrogen-bond acceptors (Lipinski definition) is 2. The van der Waals surface area contributed by atoms with Gasteiger partial charge in [-0.15, -0.1) is 0 Å². The van der Waals surface area contributed by atoms with E-state index < -0.39 is 0 Å². The Morgan fingerprint density at radius 1 is 1.40 bits per heavy atom. The summed E-state index contributed by atoms with van der Waals surface area (Å²) >= 11 is 0. The summed E-state index contributed by atoms with van der Waals surface area (Å²) in [5.41, 5.74) is 0. The first kappa shape index (κ1) is 8.02. The van der Waals surface area contributed by atoms with Crippen LogP contribution in [-0.2, 0) is 0 Å². The first-order valence-electron chi connectivity index (χ1n) is 4.21. The average molecular weight is 142 g/mol. The fraction of sp³-hybridized carbons (Fsp3) is 1.00. The van der Waals surface area contributed by atoms with Gasteiger partial charge in [0.15, 0.2) is 0 Å². The van der Waals surface area contributed by atoms with E-state index in [1.165, 1.54) is 25.9 Å². The molecule has 1 aliphatic rings. The summed E-state index contributed by atoms with van der Waals surface area (Å²) in [7, 11) is 2.21. The molecule has 0 amide bonds. The molecule has 2 heteroatoms. The molecule has 0 aromatic heterocycles. The SMILES string of the molecule is C[C@H]1CNCCCCN1C. The predicted octanol–water partition coefficient (Wildman–Crippen LogP) is 0.690. The summed E-state index contributed by atoms with van der Waals surface area (Å²) in [5.74, 6) is 0. The molecule has 1 atom stereocenters. The molecule has 0 aromatic rings. The molecule has 1 rings (SSSR count). The Labute approximate surface area is 63.6 Å². The normalized spacial score (nSPS) is 31.2. The minimum absolute atomic E-state index is 0.709. The molecule has 0 saturated carbocycles. The Morgan fingerprint density at radius 2 is 2.20 bits per heavy atom. The molecule has 60 valence electrons. The van der Waals surface area contributed by atoms with Gasteiger partial charge in [-0.2, -0.15) is 0 Å². The highest BCUT2D eigenvalue weighted by molar-refractivity contribution is 4.68. The number of hydrogen-bond donors (Lipinski definition) is 1. The lowest BCUT2D eigenvalue weighted by molar-refractivity contribution is 0.232. The highest BCUT2D eigenvalue weighted by Crippen LogP contribution is 2.00. The van der Waals surface area contributed by atoms with Gasteiger partial charge in [0, 0.05) is 12.6 Å². The maximum absolute atomic E-state index is 3.43. The van der Waals surface area contributed by atoms with Crippen LogP contribution < -0.4 is 5.32 Å². The van der Waals surface area contributed by atoms with E-state index in [9.17, 15) is 0 Å². The Hall–Kier alpha value is -0.0800. The van der Waals surface area contributed by atoms with Crippen LogP contribution in [0.25, 0.3) is 0 Å². The van der Waals surface area contributed by atoms with Crippen molar-refractivity contribution in [1.29, 1.82) is 0 Å². The van der Waals surface area contributed by atoms with Gasteiger partial charge in [0.2, 0.25) is 0 Å². The lowest BCUT2D eigenvalue weighted by atomic mass is 10.2. The van der Waals surface area contributed by atoms with Crippen molar-refractivity contribution in [3.8, 4) is 0 Å². The summed E-state index contributed by atoms with van der Waals surface area (Å²) in [6.07, 6.45) is 2.67. The molecular weight excluding hydrogens is 124 g/mol. The molecule has 0 aliphatic carbocycles. The second-order valence-corrected chi connectivity index (χ2v) is 3.24. The average Bonchev–Trinajstić information content (AvgIpc) is 1.92. The third kappa shape index (κ3) is 2.27. The lowest BCUT2D eigenvalue weighted by Crippen LogP contribution is -2.40. The van der Waals surface area contributed by atoms with Crippen molar-refractivity contribution < 1.29 is 0 Å². The summed E-state index contributed by atoms with van der Waals surface area (Å²) in [6, 6.07) is 0.709. The zero-order valence-corrected chi connectivity index (χ0v) is 7.06. The largest absolute Gasteiger partial charge is 0.315 e. The summed E-state index contributed by atoms with van der Waals surface area (Å²) < 4.78 is 0. The number of rotatable bonds is 0. The van der Waals surface area contributed by atoms with Crippen LogP contribution in [0.15, 0.2) is 0 Å². The van der Waals surface area contributed by atoms with Crippen LogP contribution in [0.3, 0.4) is 0 Å². The van der Waals surface area contributed by atoms with E-state index in [1.54, 1.807) is 0 Å². The Bertz CT molecular complexity index is 81.3. The molecule has 2 nitrogen and oxygen atoms in total. The zero-order valence-electron chi connectivity index (χ0n) is 7.06. The Kier molecular flexibility index (Phi) is 3.16. The first-order chi connectivity index (χ1) is 4.80. The van der Waals surface area contributed by atoms with Crippen LogP contribution in [0.5, 0.6) is 0 Å². The van der Waals surface area contributed by atoms with Crippen LogP contribution in [0.2, 0.25) is 0 Å². The molecule has 0 unspecified atom stereocenters. The molecule has 0 bridgehead atoms. The number of nitrogens with zero attached hydrogens (tertiary/aromatic N) is 1. The maximum atomic E-state index is 3.43. The summed E-state index contributed by atoms with van der Waals surface area (Å²) in [6.45, 7) is 5.90. The third-order valence-corrected chi connectivity index (χ3v) is 2.31. The maximum Gasteiger partial charge on any atom is 0.0189 e. The van der Waals surface area contributed by atoms with Crippen molar-refractivity contribution in [3.63, 3.8) is 0 Å². The molecule has 1 fully saturated rings. The predicted molar refractivity (Wildman–Crippen MR) is 44.2 cm³/mol. The number of nitrogens with one attached hydrogen (secondary N) is 1. The van der Waals surface area contributed by atoms with Crippen LogP contribution in [0.4, 0.5) is 0 Å². The Morgan fingerprint density at radius 3 is 3.00 bits per heavy atom. The van der Waals surface area contributed by atoms with Crippen LogP contribution in [0.1, 0.15) is 19.8 Å². The van der Waals surface area contributed by atoms with E-state index in [0.717, 1.165) is 6.54 Å². The van der Waals surface area contributed by atoms with E-state index in [2.05, 4.69) is 24.2 Å². The van der Waals surface area contributed by atoms with E-state index >= 15 is 0 Å². The van der Waals surface area contributed by atoms with Crippen molar-refractivity contribution in [2.45, 2.75) is 25.8 Å². The minimum atomic E-state index is 0.709. The molecular formula is C8H18N2. The lowest BCUT2D eigenvalue weighted by Gasteiger charge is -2.27. The smallest absolute Gasteiger partial charge is 0.0189 e. The standard InChI is InChI=1S/C8H18N2/c1-8-7-9-5-3-4-6-10(8)2/h8-9H,3-7H2,1-2H3/t8-/m0/s1. The van der Waals surface area contributed by atoms with Crippen molar-refractivity contribution >= 4 is 0 Å². The van der Waals surface area contributed by atoms with Gasteiger partial charge in [0.1, 0.15) is 0 Å². The second-order valence-electron chi connectivity index (χ2n) is 3.24. The topological polar surface area (TPSA) is 15.3 Å². The van der Waals surface area contributed by atoms with E-state index in [1.807, 2.05) is 0 Å². The molecule has 0 aromatic carbocycles. The van der Waals surface area contributed by atoms with Crippen molar-refractivity contribution in [3.05, 3.63) is 0 Å². The van der Waals surface area contributed by atoms with Crippen LogP contribution >= 0.6 is 0 Å². The highest BCUT2D eigenvalue weighted by Gasteiger charge is 2.09. The van der Waals surface area contributed by atoms with Crippen molar-refractivity contribution in [1.82, 2.24) is 10.2 Å². The fourth-order valence-electron chi connectivity index (χ4n) is 1.30. The fourth-order valence-corrected chi connectivity index (χ4v) is 1.30. The first-order valence-corrected chi connectivity index (χ1v) is 4.21. The van der Waals surface area contributed by atoms with Gasteiger partial charge in [-0.05, 0) is 39.9 Å². The van der Waals surface area contributed by atoms with Crippen molar-refractivity contribution in [2.24, 2.45) is 0 Å². The highest BCUT2D eigenvalue weighted by atomic mass is 15.1. The molecule has 0 radical (unpaired) electrons. The van der Waals surface area contributed by atoms with Crippen LogP contribution in [-0.4, -0.2) is 37.6 Å².